The van der Waals surface area contributed by atoms with Crippen LogP contribution in [0.4, 0.5) is 23.2 Å². The van der Waals surface area contributed by atoms with E-state index in [0.29, 0.717) is 0 Å². The first-order valence-electron chi connectivity index (χ1n) is 5.56. The first kappa shape index (κ1) is 14.0. The van der Waals surface area contributed by atoms with Gasteiger partial charge in [-0.1, -0.05) is 12.1 Å². The SMILES string of the molecule is Nc1cc(F)ccc1C(=O)c1cccc(C(F)(F)F)c1. The number of halogens is 4. The van der Waals surface area contributed by atoms with E-state index in [1.54, 1.807) is 0 Å². The van der Waals surface area contributed by atoms with Gasteiger partial charge in [-0.25, -0.2) is 4.39 Å². The fourth-order valence-electron chi connectivity index (χ4n) is 1.73. The molecule has 2 aromatic carbocycles. The zero-order valence-corrected chi connectivity index (χ0v) is 10.0. The van der Waals surface area contributed by atoms with Crippen molar-refractivity contribution in [3.63, 3.8) is 0 Å². The number of alkyl halides is 3. The maximum absolute atomic E-state index is 12.9. The first-order valence-corrected chi connectivity index (χ1v) is 5.56. The molecular weight excluding hydrogens is 274 g/mol. The third-order valence-electron chi connectivity index (χ3n) is 2.71. The Bertz CT molecular complexity index is 664. The van der Waals surface area contributed by atoms with Crippen LogP contribution in [0, 0.1) is 5.82 Å². The molecule has 2 nitrogen and oxygen atoms in total. The minimum Gasteiger partial charge on any atom is -0.398 e. The molecule has 2 N–H and O–H groups in total. The van der Waals surface area contributed by atoms with E-state index in [2.05, 4.69) is 0 Å². The highest BCUT2D eigenvalue weighted by molar-refractivity contribution is 6.12. The van der Waals surface area contributed by atoms with Gasteiger partial charge in [-0.15, -0.1) is 0 Å². The second-order valence-electron chi connectivity index (χ2n) is 4.14. The molecule has 0 spiro atoms. The smallest absolute Gasteiger partial charge is 0.398 e. The van der Waals surface area contributed by atoms with E-state index in [4.69, 9.17) is 5.73 Å². The van der Waals surface area contributed by atoms with Crippen molar-refractivity contribution < 1.29 is 22.4 Å². The van der Waals surface area contributed by atoms with Crippen molar-refractivity contribution in [1.82, 2.24) is 0 Å². The fraction of sp³-hybridized carbons (Fsp3) is 0.0714. The summed E-state index contributed by atoms with van der Waals surface area (Å²) in [5.41, 5.74) is 4.26. The lowest BCUT2D eigenvalue weighted by molar-refractivity contribution is -0.137. The number of anilines is 1. The third-order valence-corrected chi connectivity index (χ3v) is 2.71. The molecule has 0 saturated heterocycles. The van der Waals surface area contributed by atoms with E-state index >= 15 is 0 Å². The van der Waals surface area contributed by atoms with Gasteiger partial charge in [-0.2, -0.15) is 13.2 Å². The summed E-state index contributed by atoms with van der Waals surface area (Å²) in [6.45, 7) is 0. The molecule has 0 aliphatic heterocycles. The standard InChI is InChI=1S/C14H9F4NO/c15-10-4-5-11(12(19)7-10)13(20)8-2-1-3-9(6-8)14(16,17)18/h1-7H,19H2. The Morgan fingerprint density at radius 1 is 1.05 bits per heavy atom. The average Bonchev–Trinajstić information content (AvgIpc) is 2.37. The summed E-state index contributed by atoms with van der Waals surface area (Å²) in [7, 11) is 0. The molecule has 2 aromatic rings. The lowest BCUT2D eigenvalue weighted by atomic mass is 10.00. The average molecular weight is 283 g/mol. The highest BCUT2D eigenvalue weighted by Gasteiger charge is 2.31. The molecule has 6 heteroatoms. The summed E-state index contributed by atoms with van der Waals surface area (Å²) in [5, 5.41) is 0. The van der Waals surface area contributed by atoms with Crippen LogP contribution in [0.3, 0.4) is 0 Å². The molecule has 0 bridgehead atoms. The van der Waals surface area contributed by atoms with Gasteiger partial charge in [0.1, 0.15) is 5.82 Å². The number of nitrogen functional groups attached to an aromatic ring is 1. The summed E-state index contributed by atoms with van der Waals surface area (Å²) >= 11 is 0. The fourth-order valence-corrected chi connectivity index (χ4v) is 1.73. The Kier molecular flexibility index (Phi) is 3.48. The van der Waals surface area contributed by atoms with Crippen molar-refractivity contribution in [2.24, 2.45) is 0 Å². The Hall–Kier alpha value is -2.37. The van der Waals surface area contributed by atoms with Gasteiger partial charge in [-0.3, -0.25) is 4.79 Å². The summed E-state index contributed by atoms with van der Waals surface area (Å²) in [6.07, 6.45) is -4.54. The quantitative estimate of drug-likeness (QED) is 0.519. The first-order chi connectivity index (χ1) is 9.29. The van der Waals surface area contributed by atoms with Gasteiger partial charge in [0, 0.05) is 16.8 Å². The van der Waals surface area contributed by atoms with Crippen LogP contribution in [0.5, 0.6) is 0 Å². The van der Waals surface area contributed by atoms with Crippen LogP contribution in [0.15, 0.2) is 42.5 Å². The molecular formula is C14H9F4NO. The van der Waals surface area contributed by atoms with Crippen molar-refractivity contribution >= 4 is 11.5 Å². The number of nitrogens with two attached hydrogens (primary N) is 1. The monoisotopic (exact) mass is 283 g/mol. The largest absolute Gasteiger partial charge is 0.416 e. The maximum Gasteiger partial charge on any atom is 0.416 e. The molecule has 104 valence electrons. The number of rotatable bonds is 2. The normalized spacial score (nSPS) is 11.4. The van der Waals surface area contributed by atoms with E-state index in [1.165, 1.54) is 6.07 Å². The topological polar surface area (TPSA) is 43.1 Å². The number of carbonyl (C=O) groups is 1. The van der Waals surface area contributed by atoms with Crippen molar-refractivity contribution in [3.05, 3.63) is 65.0 Å². The van der Waals surface area contributed by atoms with Gasteiger partial charge in [-0.05, 0) is 30.3 Å². The Morgan fingerprint density at radius 3 is 2.35 bits per heavy atom. The minimum atomic E-state index is -4.54. The molecule has 0 aliphatic carbocycles. The van der Waals surface area contributed by atoms with Crippen molar-refractivity contribution in [1.29, 1.82) is 0 Å². The highest BCUT2D eigenvalue weighted by Crippen LogP contribution is 2.30. The van der Waals surface area contributed by atoms with Crippen LogP contribution in [-0.2, 0) is 6.18 Å². The van der Waals surface area contributed by atoms with Crippen LogP contribution >= 0.6 is 0 Å². The molecule has 0 radical (unpaired) electrons. The molecule has 20 heavy (non-hydrogen) atoms. The number of hydrogen-bond donors (Lipinski definition) is 1. The zero-order chi connectivity index (χ0) is 14.9. The summed E-state index contributed by atoms with van der Waals surface area (Å²) < 4.78 is 50.6. The Balaban J connectivity index is 2.44. The predicted octanol–water partition coefficient (Wildman–Crippen LogP) is 3.66. The van der Waals surface area contributed by atoms with Gasteiger partial charge >= 0.3 is 6.18 Å². The van der Waals surface area contributed by atoms with Crippen LogP contribution in [-0.4, -0.2) is 5.78 Å². The molecule has 0 fully saturated rings. The van der Waals surface area contributed by atoms with Crippen molar-refractivity contribution in [2.45, 2.75) is 6.18 Å². The van der Waals surface area contributed by atoms with E-state index < -0.39 is 23.3 Å². The molecule has 0 aromatic heterocycles. The van der Waals surface area contributed by atoms with E-state index in [0.717, 1.165) is 36.4 Å². The number of benzene rings is 2. The molecule has 0 heterocycles. The maximum atomic E-state index is 12.9. The van der Waals surface area contributed by atoms with E-state index in [-0.39, 0.29) is 16.8 Å². The Labute approximate surface area is 111 Å². The van der Waals surface area contributed by atoms with Crippen LogP contribution in [0.1, 0.15) is 21.5 Å². The van der Waals surface area contributed by atoms with Gasteiger partial charge in [0.25, 0.3) is 0 Å². The van der Waals surface area contributed by atoms with Crippen LogP contribution in [0.2, 0.25) is 0 Å². The molecule has 0 atom stereocenters. The molecule has 0 saturated carbocycles. The second-order valence-corrected chi connectivity index (χ2v) is 4.14. The lowest BCUT2D eigenvalue weighted by Gasteiger charge is -2.09. The van der Waals surface area contributed by atoms with Crippen molar-refractivity contribution in [2.75, 3.05) is 5.73 Å². The van der Waals surface area contributed by atoms with Gasteiger partial charge in [0.15, 0.2) is 5.78 Å². The third kappa shape index (κ3) is 2.79. The minimum absolute atomic E-state index is 0.0364. The molecule has 2 rings (SSSR count). The lowest BCUT2D eigenvalue weighted by Crippen LogP contribution is -2.09. The van der Waals surface area contributed by atoms with Crippen molar-refractivity contribution in [3.8, 4) is 0 Å². The Morgan fingerprint density at radius 2 is 1.75 bits per heavy atom. The number of ketones is 1. The van der Waals surface area contributed by atoms with E-state index in [9.17, 15) is 22.4 Å². The number of hydrogen-bond acceptors (Lipinski definition) is 2. The summed E-state index contributed by atoms with van der Waals surface area (Å²) in [6, 6.07) is 7.11. The van der Waals surface area contributed by atoms with Crippen LogP contribution < -0.4 is 5.73 Å². The predicted molar refractivity (Wildman–Crippen MR) is 65.7 cm³/mol. The zero-order valence-electron chi connectivity index (χ0n) is 10.0. The highest BCUT2D eigenvalue weighted by atomic mass is 19.4. The summed E-state index contributed by atoms with van der Waals surface area (Å²) in [5.74, 6) is -1.31. The number of carbonyl (C=O) groups excluding carboxylic acids is 1. The van der Waals surface area contributed by atoms with E-state index in [1.807, 2.05) is 0 Å². The van der Waals surface area contributed by atoms with Gasteiger partial charge < -0.3 is 5.73 Å². The second kappa shape index (κ2) is 4.96. The molecule has 0 amide bonds. The van der Waals surface area contributed by atoms with Gasteiger partial charge in [0.05, 0.1) is 5.56 Å². The molecule has 0 unspecified atom stereocenters. The molecule has 0 aliphatic rings. The van der Waals surface area contributed by atoms with Crippen LogP contribution in [0.25, 0.3) is 0 Å². The summed E-state index contributed by atoms with van der Waals surface area (Å²) in [4.78, 5) is 12.1. The van der Waals surface area contributed by atoms with Gasteiger partial charge in [0.2, 0.25) is 0 Å².